The van der Waals surface area contributed by atoms with Crippen LogP contribution in [-0.4, -0.2) is 62.5 Å². The summed E-state index contributed by atoms with van der Waals surface area (Å²) >= 11 is 0. The molecular formula is C22H23N7O. The number of aryl methyl sites for hydroxylation is 2. The van der Waals surface area contributed by atoms with E-state index in [4.69, 9.17) is 4.74 Å². The summed E-state index contributed by atoms with van der Waals surface area (Å²) in [5, 5.41) is 16.0. The number of pyridine rings is 2. The lowest BCUT2D eigenvalue weighted by atomic mass is 10.0. The maximum atomic E-state index is 9.69. The van der Waals surface area contributed by atoms with Crippen LogP contribution in [-0.2, 0) is 18.2 Å². The van der Waals surface area contributed by atoms with Crippen LogP contribution in [0.4, 0.5) is 0 Å². The van der Waals surface area contributed by atoms with Crippen molar-refractivity contribution in [1.82, 2.24) is 29.6 Å². The number of aromatic nitrogens is 5. The molecule has 1 saturated heterocycles. The summed E-state index contributed by atoms with van der Waals surface area (Å²) < 4.78 is 7.21. The SMILES string of the molecule is Cn1cc(-c2cnc3[nH]c4cnc(C#N)c(CCCN5CCOCC5)c4c3c2)cn1. The smallest absolute Gasteiger partial charge is 0.144 e. The number of hydrogen-bond donors (Lipinski definition) is 1. The molecule has 5 heterocycles. The normalized spacial score (nSPS) is 15.1. The molecule has 0 spiro atoms. The van der Waals surface area contributed by atoms with E-state index >= 15 is 0 Å². The number of nitrogens with zero attached hydrogens (tertiary/aromatic N) is 6. The van der Waals surface area contributed by atoms with Crippen molar-refractivity contribution in [3.63, 3.8) is 0 Å². The zero-order valence-electron chi connectivity index (χ0n) is 16.9. The molecule has 1 aliphatic rings. The molecule has 30 heavy (non-hydrogen) atoms. The number of aromatic amines is 1. The largest absolute Gasteiger partial charge is 0.379 e. The highest BCUT2D eigenvalue weighted by atomic mass is 16.5. The molecule has 1 fully saturated rings. The van der Waals surface area contributed by atoms with Crippen molar-refractivity contribution in [2.75, 3.05) is 32.8 Å². The molecule has 0 radical (unpaired) electrons. The molecule has 5 rings (SSSR count). The summed E-state index contributed by atoms with van der Waals surface area (Å²) in [6, 6.07) is 4.42. The molecule has 4 aromatic rings. The minimum Gasteiger partial charge on any atom is -0.379 e. The summed E-state index contributed by atoms with van der Waals surface area (Å²) in [6.45, 7) is 4.53. The van der Waals surface area contributed by atoms with Crippen LogP contribution in [0.2, 0.25) is 0 Å². The molecule has 0 saturated carbocycles. The van der Waals surface area contributed by atoms with Crippen LogP contribution in [0.25, 0.3) is 33.1 Å². The minimum atomic E-state index is 0.497. The Kier molecular flexibility index (Phi) is 4.91. The van der Waals surface area contributed by atoms with Gasteiger partial charge in [0.15, 0.2) is 0 Å². The molecule has 0 aliphatic carbocycles. The van der Waals surface area contributed by atoms with E-state index in [-0.39, 0.29) is 0 Å². The maximum Gasteiger partial charge on any atom is 0.144 e. The van der Waals surface area contributed by atoms with Gasteiger partial charge in [0.1, 0.15) is 17.4 Å². The second-order valence-corrected chi connectivity index (χ2v) is 7.69. The number of nitrogens with one attached hydrogen (secondary N) is 1. The van der Waals surface area contributed by atoms with Crippen LogP contribution in [0.15, 0.2) is 30.9 Å². The first-order valence-corrected chi connectivity index (χ1v) is 10.2. The summed E-state index contributed by atoms with van der Waals surface area (Å²) in [5.41, 5.74) is 5.25. The van der Waals surface area contributed by atoms with Gasteiger partial charge < -0.3 is 9.72 Å². The molecule has 8 heteroatoms. The summed E-state index contributed by atoms with van der Waals surface area (Å²) in [5.74, 6) is 0. The van der Waals surface area contributed by atoms with E-state index < -0.39 is 0 Å². The number of hydrogen-bond acceptors (Lipinski definition) is 6. The summed E-state index contributed by atoms with van der Waals surface area (Å²) in [6.07, 6.45) is 9.18. The molecule has 8 nitrogen and oxygen atoms in total. The third-order valence-electron chi connectivity index (χ3n) is 5.74. The van der Waals surface area contributed by atoms with E-state index in [2.05, 4.69) is 37.1 Å². The Morgan fingerprint density at radius 2 is 2.03 bits per heavy atom. The van der Waals surface area contributed by atoms with Crippen molar-refractivity contribution in [2.24, 2.45) is 7.05 Å². The second kappa shape index (κ2) is 7.86. The lowest BCUT2D eigenvalue weighted by Crippen LogP contribution is -2.36. The zero-order valence-corrected chi connectivity index (χ0v) is 16.9. The van der Waals surface area contributed by atoms with Crippen LogP contribution in [0.1, 0.15) is 17.7 Å². The van der Waals surface area contributed by atoms with Gasteiger partial charge in [-0.2, -0.15) is 10.4 Å². The fraction of sp³-hybridized carbons (Fsp3) is 0.364. The summed E-state index contributed by atoms with van der Waals surface area (Å²) in [7, 11) is 1.90. The van der Waals surface area contributed by atoms with Gasteiger partial charge in [-0.1, -0.05) is 0 Å². The zero-order chi connectivity index (χ0) is 20.5. The predicted octanol–water partition coefficient (Wildman–Crippen LogP) is 2.65. The number of fused-ring (bicyclic) bond motifs is 3. The van der Waals surface area contributed by atoms with E-state index in [0.717, 1.165) is 84.3 Å². The van der Waals surface area contributed by atoms with Crippen molar-refractivity contribution >= 4 is 21.9 Å². The third-order valence-corrected chi connectivity index (χ3v) is 5.74. The lowest BCUT2D eigenvalue weighted by molar-refractivity contribution is 0.0375. The van der Waals surface area contributed by atoms with Crippen molar-refractivity contribution < 1.29 is 4.74 Å². The highest BCUT2D eigenvalue weighted by Gasteiger charge is 2.17. The molecule has 1 N–H and O–H groups in total. The van der Waals surface area contributed by atoms with E-state index in [0.29, 0.717) is 5.69 Å². The topological polar surface area (TPSA) is 95.6 Å². The fourth-order valence-corrected chi connectivity index (χ4v) is 4.21. The molecule has 0 amide bonds. The third kappa shape index (κ3) is 3.43. The Labute approximate surface area is 174 Å². The van der Waals surface area contributed by atoms with Crippen LogP contribution in [0.3, 0.4) is 0 Å². The van der Waals surface area contributed by atoms with Gasteiger partial charge in [0.2, 0.25) is 0 Å². The van der Waals surface area contributed by atoms with Crippen LogP contribution in [0.5, 0.6) is 0 Å². The second-order valence-electron chi connectivity index (χ2n) is 7.69. The molecule has 1 aliphatic heterocycles. The maximum absolute atomic E-state index is 9.69. The number of ether oxygens (including phenoxy) is 1. The Bertz CT molecular complexity index is 1240. The summed E-state index contributed by atoms with van der Waals surface area (Å²) in [4.78, 5) is 14.8. The van der Waals surface area contributed by atoms with Crippen LogP contribution >= 0.6 is 0 Å². The fourth-order valence-electron chi connectivity index (χ4n) is 4.21. The Morgan fingerprint density at radius 3 is 2.80 bits per heavy atom. The van der Waals surface area contributed by atoms with E-state index in [1.54, 1.807) is 10.9 Å². The Balaban J connectivity index is 1.54. The predicted molar refractivity (Wildman–Crippen MR) is 114 cm³/mol. The highest BCUT2D eigenvalue weighted by molar-refractivity contribution is 6.08. The van der Waals surface area contributed by atoms with Gasteiger partial charge in [0.05, 0.1) is 31.1 Å². The number of morpholine rings is 1. The van der Waals surface area contributed by atoms with Crippen molar-refractivity contribution in [2.45, 2.75) is 12.8 Å². The standard InChI is InChI=1S/C22H23N7O/c1-28-14-16(12-26-28)15-9-18-21-17(3-2-4-29-5-7-30-8-6-29)19(10-23)24-13-20(21)27-22(18)25-11-15/h9,11-14H,2-8H2,1H3,(H,25,27). The Hall–Kier alpha value is -3.28. The molecular weight excluding hydrogens is 378 g/mol. The van der Waals surface area contributed by atoms with E-state index in [1.165, 1.54) is 0 Å². The quantitative estimate of drug-likeness (QED) is 0.552. The molecule has 0 unspecified atom stereocenters. The first-order valence-electron chi connectivity index (χ1n) is 10.2. The van der Waals surface area contributed by atoms with Crippen LogP contribution in [0, 0.1) is 11.3 Å². The molecule has 0 bridgehead atoms. The average molecular weight is 401 g/mol. The van der Waals surface area contributed by atoms with Gasteiger partial charge in [0, 0.05) is 54.4 Å². The van der Waals surface area contributed by atoms with Gasteiger partial charge in [-0.3, -0.25) is 9.58 Å². The monoisotopic (exact) mass is 401 g/mol. The van der Waals surface area contributed by atoms with Gasteiger partial charge >= 0.3 is 0 Å². The lowest BCUT2D eigenvalue weighted by Gasteiger charge is -2.26. The van der Waals surface area contributed by atoms with Crippen molar-refractivity contribution in [3.8, 4) is 17.2 Å². The number of rotatable bonds is 5. The minimum absolute atomic E-state index is 0.497. The molecule has 0 aromatic carbocycles. The first kappa shape index (κ1) is 18.7. The molecule has 4 aromatic heterocycles. The first-order chi connectivity index (χ1) is 14.7. The van der Waals surface area contributed by atoms with E-state index in [1.807, 2.05) is 25.6 Å². The van der Waals surface area contributed by atoms with Crippen molar-refractivity contribution in [3.05, 3.63) is 42.1 Å². The molecule has 152 valence electrons. The van der Waals surface area contributed by atoms with Gasteiger partial charge in [0.25, 0.3) is 0 Å². The Morgan fingerprint density at radius 1 is 1.17 bits per heavy atom. The van der Waals surface area contributed by atoms with Gasteiger partial charge in [-0.15, -0.1) is 0 Å². The number of H-pyrrole nitrogens is 1. The van der Waals surface area contributed by atoms with Gasteiger partial charge in [-0.05, 0) is 31.0 Å². The van der Waals surface area contributed by atoms with E-state index in [9.17, 15) is 5.26 Å². The average Bonchev–Trinajstić information content (AvgIpc) is 3.37. The number of nitriles is 1. The van der Waals surface area contributed by atoms with Crippen LogP contribution < -0.4 is 0 Å². The highest BCUT2D eigenvalue weighted by Crippen LogP contribution is 2.32. The molecule has 0 atom stereocenters. The van der Waals surface area contributed by atoms with Gasteiger partial charge in [-0.25, -0.2) is 9.97 Å². The van der Waals surface area contributed by atoms with Crippen molar-refractivity contribution in [1.29, 1.82) is 5.26 Å².